The van der Waals surface area contributed by atoms with Crippen molar-refractivity contribution in [2.45, 2.75) is 36.8 Å². The highest BCUT2D eigenvalue weighted by Gasteiger charge is 2.22. The summed E-state index contributed by atoms with van der Waals surface area (Å²) in [7, 11) is -3.35. The fourth-order valence-corrected chi connectivity index (χ4v) is 5.79. The Morgan fingerprint density at radius 1 is 1.12 bits per heavy atom. The van der Waals surface area contributed by atoms with Gasteiger partial charge < -0.3 is 4.90 Å². The molecule has 142 valence electrons. The van der Waals surface area contributed by atoms with E-state index in [1.807, 2.05) is 13.0 Å². The lowest BCUT2D eigenvalue weighted by Gasteiger charge is -2.32. The molecule has 4 nitrogen and oxygen atoms in total. The van der Waals surface area contributed by atoms with E-state index in [0.717, 1.165) is 50.2 Å². The van der Waals surface area contributed by atoms with E-state index in [9.17, 15) is 8.42 Å². The van der Waals surface area contributed by atoms with Gasteiger partial charge in [-0.05, 0) is 62.4 Å². The molecule has 0 bridgehead atoms. The highest BCUT2D eigenvalue weighted by Crippen LogP contribution is 2.23. The monoisotopic (exact) mass is 392 g/mol. The summed E-state index contributed by atoms with van der Waals surface area (Å²) in [6, 6.07) is 14.2. The zero-order chi connectivity index (χ0) is 18.4. The van der Waals surface area contributed by atoms with Gasteiger partial charge in [0.25, 0.3) is 0 Å². The summed E-state index contributed by atoms with van der Waals surface area (Å²) in [4.78, 5) is 3.60. The summed E-state index contributed by atoms with van der Waals surface area (Å²) in [6.07, 6.45) is 4.07. The molecule has 2 aromatic rings. The first-order valence-corrected chi connectivity index (χ1v) is 11.7. The fourth-order valence-electron chi connectivity index (χ4n) is 3.34. The third-order valence-electron chi connectivity index (χ3n) is 5.08. The Bertz CT molecular complexity index is 779. The van der Waals surface area contributed by atoms with Crippen LogP contribution in [-0.4, -0.2) is 39.5 Å². The van der Waals surface area contributed by atoms with Crippen molar-refractivity contribution in [3.8, 4) is 0 Å². The van der Waals surface area contributed by atoms with Crippen molar-refractivity contribution in [1.29, 1.82) is 0 Å². The molecule has 1 aromatic carbocycles. The molecule has 1 aliphatic heterocycles. The van der Waals surface area contributed by atoms with Crippen LogP contribution in [0.25, 0.3) is 0 Å². The van der Waals surface area contributed by atoms with Crippen LogP contribution in [0.15, 0.2) is 46.7 Å². The van der Waals surface area contributed by atoms with Gasteiger partial charge in [0.15, 0.2) is 0 Å². The normalized spacial score (nSPS) is 16.8. The van der Waals surface area contributed by atoms with Gasteiger partial charge >= 0.3 is 0 Å². The molecular weight excluding hydrogens is 364 g/mol. The average molecular weight is 393 g/mol. The van der Waals surface area contributed by atoms with E-state index in [1.165, 1.54) is 16.9 Å². The Hall–Kier alpha value is -1.21. The van der Waals surface area contributed by atoms with E-state index >= 15 is 0 Å². The molecule has 0 amide bonds. The maximum atomic E-state index is 12.4. The average Bonchev–Trinajstić information content (AvgIpc) is 3.17. The zero-order valence-electron chi connectivity index (χ0n) is 15.4. The van der Waals surface area contributed by atoms with Crippen molar-refractivity contribution in [2.24, 2.45) is 5.92 Å². The second kappa shape index (κ2) is 9.13. The summed E-state index contributed by atoms with van der Waals surface area (Å²) in [6.45, 7) is 5.78. The molecule has 1 aromatic heterocycles. The van der Waals surface area contributed by atoms with Crippen molar-refractivity contribution < 1.29 is 8.42 Å². The van der Waals surface area contributed by atoms with Crippen molar-refractivity contribution in [3.05, 3.63) is 52.9 Å². The Labute approximate surface area is 161 Å². The lowest BCUT2D eigenvalue weighted by molar-refractivity contribution is 0.187. The standard InChI is InChI=1S/C20H28N2O2S2/c1-2-19-8-9-20(25-19)26(23,24)21-16-18-11-14-22(15-12-18)13-10-17-6-4-3-5-7-17/h3-9,18,21H,2,10-16H2,1H3. The van der Waals surface area contributed by atoms with E-state index in [-0.39, 0.29) is 0 Å². The third kappa shape index (κ3) is 5.39. The molecular formula is C20H28N2O2S2. The van der Waals surface area contributed by atoms with E-state index in [2.05, 4.69) is 40.0 Å². The van der Waals surface area contributed by atoms with Crippen LogP contribution in [0.4, 0.5) is 0 Å². The van der Waals surface area contributed by atoms with Crippen LogP contribution in [-0.2, 0) is 22.9 Å². The van der Waals surface area contributed by atoms with Gasteiger partial charge in [0.2, 0.25) is 10.0 Å². The third-order valence-corrected chi connectivity index (χ3v) is 8.22. The van der Waals surface area contributed by atoms with Crippen LogP contribution in [0.1, 0.15) is 30.2 Å². The second-order valence-electron chi connectivity index (χ2n) is 6.95. The van der Waals surface area contributed by atoms with Gasteiger partial charge in [-0.25, -0.2) is 13.1 Å². The highest BCUT2D eigenvalue weighted by atomic mass is 32.2. The zero-order valence-corrected chi connectivity index (χ0v) is 17.0. The quantitative estimate of drug-likeness (QED) is 0.747. The van der Waals surface area contributed by atoms with Crippen LogP contribution >= 0.6 is 11.3 Å². The van der Waals surface area contributed by atoms with E-state index in [1.54, 1.807) is 6.07 Å². The maximum absolute atomic E-state index is 12.4. The molecule has 26 heavy (non-hydrogen) atoms. The first-order chi connectivity index (χ1) is 12.6. The van der Waals surface area contributed by atoms with Crippen molar-refractivity contribution in [2.75, 3.05) is 26.2 Å². The van der Waals surface area contributed by atoms with Gasteiger partial charge in [-0.3, -0.25) is 0 Å². The fraction of sp³-hybridized carbons (Fsp3) is 0.500. The number of thiophene rings is 1. The van der Waals surface area contributed by atoms with Crippen LogP contribution in [0.2, 0.25) is 0 Å². The van der Waals surface area contributed by atoms with Gasteiger partial charge in [0, 0.05) is 18.0 Å². The molecule has 1 saturated heterocycles. The second-order valence-corrected chi connectivity index (χ2v) is 10.1. The van der Waals surface area contributed by atoms with Gasteiger partial charge in [-0.15, -0.1) is 11.3 Å². The van der Waals surface area contributed by atoms with Crippen LogP contribution in [0.3, 0.4) is 0 Å². The number of sulfonamides is 1. The minimum atomic E-state index is -3.35. The Kier molecular flexibility index (Phi) is 6.86. The molecule has 1 aliphatic rings. The summed E-state index contributed by atoms with van der Waals surface area (Å²) in [5.74, 6) is 0.434. The molecule has 0 atom stereocenters. The van der Waals surface area contributed by atoms with Crippen LogP contribution < -0.4 is 4.72 Å². The predicted octanol–water partition coefficient (Wildman–Crippen LogP) is 3.54. The number of piperidine rings is 1. The number of nitrogens with zero attached hydrogens (tertiary/aromatic N) is 1. The number of aryl methyl sites for hydroxylation is 1. The maximum Gasteiger partial charge on any atom is 0.250 e. The molecule has 1 fully saturated rings. The van der Waals surface area contributed by atoms with Gasteiger partial charge in [-0.1, -0.05) is 37.3 Å². The minimum absolute atomic E-state index is 0.434. The largest absolute Gasteiger partial charge is 0.303 e. The molecule has 0 radical (unpaired) electrons. The molecule has 0 spiro atoms. The van der Waals surface area contributed by atoms with Gasteiger partial charge in [0.1, 0.15) is 4.21 Å². The number of benzene rings is 1. The molecule has 0 unspecified atom stereocenters. The number of nitrogens with one attached hydrogen (secondary N) is 1. The van der Waals surface area contributed by atoms with Crippen LogP contribution in [0.5, 0.6) is 0 Å². The molecule has 3 rings (SSSR count). The number of hydrogen-bond acceptors (Lipinski definition) is 4. The highest BCUT2D eigenvalue weighted by molar-refractivity contribution is 7.91. The predicted molar refractivity (Wildman–Crippen MR) is 108 cm³/mol. The van der Waals surface area contributed by atoms with E-state index in [0.29, 0.717) is 16.7 Å². The summed E-state index contributed by atoms with van der Waals surface area (Å²) >= 11 is 1.37. The number of hydrogen-bond donors (Lipinski definition) is 1. The number of rotatable bonds is 8. The van der Waals surface area contributed by atoms with Crippen molar-refractivity contribution >= 4 is 21.4 Å². The Balaban J connectivity index is 1.41. The number of likely N-dealkylation sites (tertiary alicyclic amines) is 1. The van der Waals surface area contributed by atoms with Gasteiger partial charge in [0.05, 0.1) is 0 Å². The molecule has 0 saturated carbocycles. The van der Waals surface area contributed by atoms with E-state index in [4.69, 9.17) is 0 Å². The minimum Gasteiger partial charge on any atom is -0.303 e. The Morgan fingerprint density at radius 3 is 2.50 bits per heavy atom. The summed E-state index contributed by atoms with van der Waals surface area (Å²) in [5.41, 5.74) is 1.38. The first kappa shape index (κ1) is 19.5. The Morgan fingerprint density at radius 2 is 1.85 bits per heavy atom. The lowest BCUT2D eigenvalue weighted by atomic mass is 9.97. The smallest absolute Gasteiger partial charge is 0.250 e. The summed E-state index contributed by atoms with van der Waals surface area (Å²) in [5, 5.41) is 0. The van der Waals surface area contributed by atoms with Gasteiger partial charge in [-0.2, -0.15) is 0 Å². The van der Waals surface area contributed by atoms with Crippen molar-refractivity contribution in [1.82, 2.24) is 9.62 Å². The molecule has 0 aliphatic carbocycles. The van der Waals surface area contributed by atoms with Crippen LogP contribution in [0, 0.1) is 5.92 Å². The van der Waals surface area contributed by atoms with E-state index < -0.39 is 10.0 Å². The van der Waals surface area contributed by atoms with Crippen molar-refractivity contribution in [3.63, 3.8) is 0 Å². The molecule has 6 heteroatoms. The topological polar surface area (TPSA) is 49.4 Å². The SMILES string of the molecule is CCc1ccc(S(=O)(=O)NCC2CCN(CCc3ccccc3)CC2)s1. The lowest BCUT2D eigenvalue weighted by Crippen LogP contribution is -2.39. The summed E-state index contributed by atoms with van der Waals surface area (Å²) < 4.78 is 28.1. The first-order valence-electron chi connectivity index (χ1n) is 9.41. The molecule has 1 N–H and O–H groups in total. The molecule has 2 heterocycles.